The Labute approximate surface area is 198 Å². The molecular weight excluding hydrogens is 434 g/mol. The van der Waals surface area contributed by atoms with Gasteiger partial charge in [0.2, 0.25) is 5.91 Å². The topological polar surface area (TPSA) is 97.4 Å². The van der Waals surface area contributed by atoms with Gasteiger partial charge in [-0.3, -0.25) is 19.1 Å². The van der Waals surface area contributed by atoms with Gasteiger partial charge in [-0.25, -0.2) is 14.3 Å². The predicted octanol–water partition coefficient (Wildman–Crippen LogP) is 0.148. The SMILES string of the molecule is Cn1cnc2c1c(=O)n(CC(=O)NCCCCN1CCN(Cc3ccccc3)CC1)c(=O)n2C. The zero-order valence-corrected chi connectivity index (χ0v) is 19.9. The van der Waals surface area contributed by atoms with Crippen molar-refractivity contribution in [3.05, 3.63) is 63.1 Å². The molecule has 0 saturated carbocycles. The summed E-state index contributed by atoms with van der Waals surface area (Å²) in [7, 11) is 3.24. The summed E-state index contributed by atoms with van der Waals surface area (Å²) in [5.41, 5.74) is 0.929. The van der Waals surface area contributed by atoms with Crippen LogP contribution in [0.5, 0.6) is 0 Å². The number of carbonyl (C=O) groups is 1. The van der Waals surface area contributed by atoms with Crippen molar-refractivity contribution in [2.24, 2.45) is 14.1 Å². The van der Waals surface area contributed by atoms with Crippen LogP contribution in [0.25, 0.3) is 11.2 Å². The Kier molecular flexibility index (Phi) is 7.59. The Morgan fingerprint density at radius 2 is 1.71 bits per heavy atom. The third-order valence-corrected chi connectivity index (χ3v) is 6.44. The van der Waals surface area contributed by atoms with Crippen molar-refractivity contribution in [3.8, 4) is 0 Å². The molecule has 0 spiro atoms. The number of nitrogens with one attached hydrogen (secondary N) is 1. The van der Waals surface area contributed by atoms with E-state index >= 15 is 0 Å². The lowest BCUT2D eigenvalue weighted by Gasteiger charge is -2.34. The highest BCUT2D eigenvalue weighted by Crippen LogP contribution is 2.09. The molecule has 0 bridgehead atoms. The van der Waals surface area contributed by atoms with Crippen LogP contribution in [-0.2, 0) is 32.0 Å². The fourth-order valence-electron chi connectivity index (χ4n) is 4.44. The average molecular weight is 468 g/mol. The maximum absolute atomic E-state index is 12.7. The van der Waals surface area contributed by atoms with Crippen molar-refractivity contribution < 1.29 is 4.79 Å². The first kappa shape index (κ1) is 23.9. The molecule has 3 aromatic rings. The second kappa shape index (κ2) is 10.8. The summed E-state index contributed by atoms with van der Waals surface area (Å²) in [6, 6.07) is 10.6. The smallest absolute Gasteiger partial charge is 0.332 e. The van der Waals surface area contributed by atoms with E-state index in [0.29, 0.717) is 17.7 Å². The Bertz CT molecular complexity index is 1240. The molecule has 1 N–H and O–H groups in total. The molecule has 0 atom stereocenters. The summed E-state index contributed by atoms with van der Waals surface area (Å²) in [4.78, 5) is 46.6. The first-order chi connectivity index (χ1) is 16.4. The number of nitrogens with zero attached hydrogens (tertiary/aromatic N) is 6. The minimum atomic E-state index is -0.544. The molecule has 1 aliphatic rings. The molecule has 0 radical (unpaired) electrons. The highest BCUT2D eigenvalue weighted by atomic mass is 16.2. The lowest BCUT2D eigenvalue weighted by atomic mass is 10.2. The third-order valence-electron chi connectivity index (χ3n) is 6.44. The van der Waals surface area contributed by atoms with E-state index in [9.17, 15) is 14.4 Å². The van der Waals surface area contributed by atoms with Gasteiger partial charge in [0.05, 0.1) is 6.33 Å². The number of imidazole rings is 1. The molecule has 0 unspecified atom stereocenters. The highest BCUT2D eigenvalue weighted by molar-refractivity contribution is 5.76. The number of aromatic nitrogens is 4. The number of carbonyl (C=O) groups excluding carboxylic acids is 1. The Hall–Kier alpha value is -3.24. The summed E-state index contributed by atoms with van der Waals surface area (Å²) in [5.74, 6) is -0.338. The van der Waals surface area contributed by atoms with Gasteiger partial charge in [0.25, 0.3) is 5.56 Å². The molecule has 1 aromatic carbocycles. The van der Waals surface area contributed by atoms with E-state index in [0.717, 1.165) is 56.7 Å². The van der Waals surface area contributed by atoms with Crippen LogP contribution in [0.4, 0.5) is 0 Å². The summed E-state index contributed by atoms with van der Waals surface area (Å²) in [5, 5.41) is 2.84. The molecule has 182 valence electrons. The minimum Gasteiger partial charge on any atom is -0.355 e. The van der Waals surface area contributed by atoms with Gasteiger partial charge in [-0.05, 0) is 24.9 Å². The van der Waals surface area contributed by atoms with Crippen LogP contribution in [0.2, 0.25) is 0 Å². The van der Waals surface area contributed by atoms with Gasteiger partial charge < -0.3 is 14.8 Å². The van der Waals surface area contributed by atoms with Gasteiger partial charge in [-0.15, -0.1) is 0 Å². The van der Waals surface area contributed by atoms with Crippen molar-refractivity contribution >= 4 is 17.1 Å². The fourth-order valence-corrected chi connectivity index (χ4v) is 4.44. The summed E-state index contributed by atoms with van der Waals surface area (Å²) >= 11 is 0. The van der Waals surface area contributed by atoms with Crippen LogP contribution in [0.3, 0.4) is 0 Å². The van der Waals surface area contributed by atoms with Gasteiger partial charge in [-0.2, -0.15) is 0 Å². The van der Waals surface area contributed by atoms with Crippen LogP contribution in [0, 0.1) is 0 Å². The molecule has 1 saturated heterocycles. The maximum atomic E-state index is 12.7. The first-order valence-corrected chi connectivity index (χ1v) is 11.8. The molecule has 1 fully saturated rings. The second-order valence-corrected chi connectivity index (χ2v) is 8.92. The monoisotopic (exact) mass is 467 g/mol. The van der Waals surface area contributed by atoms with Crippen LogP contribution in [0.15, 0.2) is 46.2 Å². The van der Waals surface area contributed by atoms with E-state index in [4.69, 9.17) is 0 Å². The van der Waals surface area contributed by atoms with Crippen molar-refractivity contribution in [2.75, 3.05) is 39.3 Å². The molecule has 1 aliphatic heterocycles. The fraction of sp³-hybridized carbons (Fsp3) is 0.500. The second-order valence-electron chi connectivity index (χ2n) is 8.92. The lowest BCUT2D eigenvalue weighted by molar-refractivity contribution is -0.121. The molecule has 2 aromatic heterocycles. The quantitative estimate of drug-likeness (QED) is 0.450. The van der Waals surface area contributed by atoms with Gasteiger partial charge in [0, 0.05) is 53.4 Å². The molecule has 3 heterocycles. The van der Waals surface area contributed by atoms with Crippen LogP contribution in [-0.4, -0.2) is 73.7 Å². The number of hydrogen-bond acceptors (Lipinski definition) is 6. The highest BCUT2D eigenvalue weighted by Gasteiger charge is 2.18. The zero-order chi connectivity index (χ0) is 24.1. The Morgan fingerprint density at radius 3 is 2.44 bits per heavy atom. The molecule has 10 nitrogen and oxygen atoms in total. The number of rotatable bonds is 9. The predicted molar refractivity (Wildman–Crippen MR) is 131 cm³/mol. The van der Waals surface area contributed by atoms with E-state index in [1.165, 1.54) is 16.5 Å². The molecular formula is C24H33N7O3. The number of fused-ring (bicyclic) bond motifs is 1. The van der Waals surface area contributed by atoms with Gasteiger partial charge in [0.15, 0.2) is 11.2 Å². The molecule has 10 heteroatoms. The number of aryl methyl sites for hydroxylation is 2. The minimum absolute atomic E-state index is 0.296. The molecule has 34 heavy (non-hydrogen) atoms. The third kappa shape index (κ3) is 5.45. The average Bonchev–Trinajstić information content (AvgIpc) is 3.23. The first-order valence-electron chi connectivity index (χ1n) is 11.8. The number of piperazine rings is 1. The normalized spacial score (nSPS) is 15.1. The molecule has 4 rings (SSSR count). The van der Waals surface area contributed by atoms with E-state index in [1.54, 1.807) is 18.7 Å². The van der Waals surface area contributed by atoms with Gasteiger partial charge >= 0.3 is 5.69 Å². The number of unbranched alkanes of at least 4 members (excludes halogenated alkanes) is 1. The van der Waals surface area contributed by atoms with Crippen molar-refractivity contribution in [3.63, 3.8) is 0 Å². The standard InChI is InChI=1S/C24H33N7O3/c1-27-18-26-22-21(27)23(33)31(24(34)28(22)2)17-20(32)25-10-6-7-11-29-12-14-30(15-13-29)16-19-8-4-3-5-9-19/h3-5,8-9,18H,6-7,10-17H2,1-2H3,(H,25,32). The van der Waals surface area contributed by atoms with E-state index in [-0.39, 0.29) is 12.5 Å². The lowest BCUT2D eigenvalue weighted by Crippen LogP contribution is -2.46. The van der Waals surface area contributed by atoms with Crippen LogP contribution in [0.1, 0.15) is 18.4 Å². The summed E-state index contributed by atoms with van der Waals surface area (Å²) in [6.45, 7) is 6.48. The zero-order valence-electron chi connectivity index (χ0n) is 19.9. The largest absolute Gasteiger partial charge is 0.355 e. The molecule has 0 aliphatic carbocycles. The maximum Gasteiger partial charge on any atom is 0.332 e. The number of amides is 1. The van der Waals surface area contributed by atoms with E-state index in [2.05, 4.69) is 44.4 Å². The van der Waals surface area contributed by atoms with Crippen molar-refractivity contribution in [1.82, 2.24) is 33.8 Å². The van der Waals surface area contributed by atoms with Crippen molar-refractivity contribution in [1.29, 1.82) is 0 Å². The molecule has 1 amide bonds. The summed E-state index contributed by atoms with van der Waals surface area (Å²) < 4.78 is 3.82. The number of benzene rings is 1. The Morgan fingerprint density at radius 1 is 1.00 bits per heavy atom. The van der Waals surface area contributed by atoms with Gasteiger partial charge in [0.1, 0.15) is 6.54 Å². The van der Waals surface area contributed by atoms with Gasteiger partial charge in [-0.1, -0.05) is 30.3 Å². The Balaban J connectivity index is 1.17. The van der Waals surface area contributed by atoms with E-state index < -0.39 is 11.2 Å². The van der Waals surface area contributed by atoms with Crippen LogP contribution >= 0.6 is 0 Å². The number of hydrogen-bond donors (Lipinski definition) is 1. The van der Waals surface area contributed by atoms with E-state index in [1.807, 2.05) is 6.07 Å². The van der Waals surface area contributed by atoms with Crippen molar-refractivity contribution in [2.45, 2.75) is 25.9 Å². The summed E-state index contributed by atoms with van der Waals surface area (Å²) in [6.07, 6.45) is 3.32. The van der Waals surface area contributed by atoms with Crippen LogP contribution < -0.4 is 16.6 Å².